The number of halogens is 1. The van der Waals surface area contributed by atoms with E-state index in [2.05, 4.69) is 23.7 Å². The lowest BCUT2D eigenvalue weighted by atomic mass is 9.85. The average molecular weight is 563 g/mol. The van der Waals surface area contributed by atoms with Crippen molar-refractivity contribution in [3.05, 3.63) is 83.5 Å². The summed E-state index contributed by atoms with van der Waals surface area (Å²) in [6, 6.07) is 12.1. The smallest absolute Gasteiger partial charge is 0.307 e. The Hall–Kier alpha value is -4.17. The summed E-state index contributed by atoms with van der Waals surface area (Å²) in [5.74, 6) is 10.4. The molecule has 0 aromatic heterocycles. The second kappa shape index (κ2) is 16.1. The number of carboxylic acids is 2. The van der Waals surface area contributed by atoms with Crippen LogP contribution in [0.15, 0.2) is 66.8 Å². The molecule has 1 aliphatic rings. The molecule has 0 bridgehead atoms. The van der Waals surface area contributed by atoms with E-state index < -0.39 is 11.9 Å². The monoisotopic (exact) mass is 562 g/mol. The van der Waals surface area contributed by atoms with Crippen LogP contribution < -0.4 is 4.74 Å². The molecule has 208 valence electrons. The molecule has 3 unspecified atom stereocenters. The van der Waals surface area contributed by atoms with E-state index in [1.807, 2.05) is 30.3 Å². The SMILES string of the molecule is O=C(O)Cc1ccc(OC/C=C/C#Cc2ccc(C#C/C=C/COC3CCC(CC(=O)O)C(Cl)C3)cc2)c(O)c1. The highest BCUT2D eigenvalue weighted by molar-refractivity contribution is 6.21. The Balaban J connectivity index is 1.36. The third-order valence-electron chi connectivity index (χ3n) is 6.16. The van der Waals surface area contributed by atoms with Crippen LogP contribution in [0.1, 0.15) is 42.4 Å². The first kappa shape index (κ1) is 30.4. The van der Waals surface area contributed by atoms with Crippen LogP contribution in [0, 0.1) is 29.6 Å². The maximum absolute atomic E-state index is 10.9. The normalized spacial score (nSPS) is 18.5. The third kappa shape index (κ3) is 10.9. The Morgan fingerprint density at radius 1 is 0.925 bits per heavy atom. The van der Waals surface area contributed by atoms with Gasteiger partial charge in [-0.3, -0.25) is 9.59 Å². The molecule has 7 nitrogen and oxygen atoms in total. The van der Waals surface area contributed by atoms with Crippen molar-refractivity contribution >= 4 is 23.5 Å². The van der Waals surface area contributed by atoms with Gasteiger partial charge in [-0.1, -0.05) is 35.8 Å². The Morgan fingerprint density at radius 3 is 2.15 bits per heavy atom. The van der Waals surface area contributed by atoms with Crippen molar-refractivity contribution in [1.82, 2.24) is 0 Å². The molecule has 0 aliphatic heterocycles. The number of phenolic OH excluding ortho intramolecular Hbond substituents is 1. The minimum atomic E-state index is -0.968. The maximum Gasteiger partial charge on any atom is 0.307 e. The van der Waals surface area contributed by atoms with Crippen LogP contribution >= 0.6 is 11.6 Å². The average Bonchev–Trinajstić information content (AvgIpc) is 2.91. The van der Waals surface area contributed by atoms with E-state index in [4.69, 9.17) is 31.3 Å². The van der Waals surface area contributed by atoms with Crippen molar-refractivity contribution in [2.75, 3.05) is 13.2 Å². The zero-order valence-corrected chi connectivity index (χ0v) is 22.6. The number of benzene rings is 2. The van der Waals surface area contributed by atoms with E-state index in [9.17, 15) is 14.7 Å². The van der Waals surface area contributed by atoms with Crippen LogP contribution in [0.5, 0.6) is 11.5 Å². The largest absolute Gasteiger partial charge is 0.504 e. The molecule has 3 N–H and O–H groups in total. The van der Waals surface area contributed by atoms with Gasteiger partial charge in [0, 0.05) is 22.9 Å². The maximum atomic E-state index is 10.9. The first-order chi connectivity index (χ1) is 19.3. The quantitative estimate of drug-likeness (QED) is 0.270. The van der Waals surface area contributed by atoms with E-state index in [0.29, 0.717) is 18.6 Å². The molecule has 0 spiro atoms. The Labute approximate surface area is 239 Å². The fraction of sp³-hybridized carbons (Fsp3) is 0.312. The second-order valence-corrected chi connectivity index (χ2v) is 9.81. The first-order valence-corrected chi connectivity index (χ1v) is 13.3. The fourth-order valence-electron chi connectivity index (χ4n) is 4.15. The molecule has 2 aromatic rings. The van der Waals surface area contributed by atoms with Crippen molar-refractivity contribution in [1.29, 1.82) is 0 Å². The van der Waals surface area contributed by atoms with E-state index in [1.54, 1.807) is 24.3 Å². The lowest BCUT2D eigenvalue weighted by Crippen LogP contribution is -2.31. The molecule has 3 rings (SSSR count). The number of hydrogen-bond donors (Lipinski definition) is 3. The van der Waals surface area contributed by atoms with Gasteiger partial charge in [0.25, 0.3) is 0 Å². The minimum absolute atomic E-state index is 0.00880. The molecule has 2 aromatic carbocycles. The van der Waals surface area contributed by atoms with Gasteiger partial charge in [-0.15, -0.1) is 11.6 Å². The molecule has 8 heteroatoms. The van der Waals surface area contributed by atoms with Crippen molar-refractivity contribution in [3.63, 3.8) is 0 Å². The highest BCUT2D eigenvalue weighted by Crippen LogP contribution is 2.32. The summed E-state index contributed by atoms with van der Waals surface area (Å²) >= 11 is 6.33. The second-order valence-electron chi connectivity index (χ2n) is 9.25. The molecule has 1 aliphatic carbocycles. The van der Waals surface area contributed by atoms with Gasteiger partial charge < -0.3 is 24.8 Å². The number of carboxylic acid groups (broad SMARTS) is 2. The summed E-state index contributed by atoms with van der Waals surface area (Å²) in [5.41, 5.74) is 2.19. The van der Waals surface area contributed by atoms with Crippen LogP contribution in [0.3, 0.4) is 0 Å². The predicted octanol–water partition coefficient (Wildman–Crippen LogP) is 5.18. The summed E-state index contributed by atoms with van der Waals surface area (Å²) in [7, 11) is 0. The highest BCUT2D eigenvalue weighted by atomic mass is 35.5. The van der Waals surface area contributed by atoms with Crippen LogP contribution in [0.4, 0.5) is 0 Å². The number of aliphatic carboxylic acids is 2. The van der Waals surface area contributed by atoms with Gasteiger partial charge in [-0.25, -0.2) is 0 Å². The van der Waals surface area contributed by atoms with Crippen LogP contribution in [-0.4, -0.2) is 52.0 Å². The zero-order chi connectivity index (χ0) is 28.7. The molecule has 0 saturated heterocycles. The lowest BCUT2D eigenvalue weighted by molar-refractivity contribution is -0.139. The van der Waals surface area contributed by atoms with Crippen LogP contribution in [0.25, 0.3) is 0 Å². The van der Waals surface area contributed by atoms with Gasteiger partial charge in [0.15, 0.2) is 11.5 Å². The molecule has 0 radical (unpaired) electrons. The van der Waals surface area contributed by atoms with Crippen LogP contribution in [0.2, 0.25) is 0 Å². The minimum Gasteiger partial charge on any atom is -0.504 e. The van der Waals surface area contributed by atoms with Gasteiger partial charge in [0.05, 0.1) is 19.1 Å². The zero-order valence-electron chi connectivity index (χ0n) is 21.9. The van der Waals surface area contributed by atoms with E-state index in [1.165, 1.54) is 12.1 Å². The molecular weight excluding hydrogens is 532 g/mol. The van der Waals surface area contributed by atoms with Gasteiger partial charge in [-0.05, 0) is 85.4 Å². The summed E-state index contributed by atoms with van der Waals surface area (Å²) in [6.45, 7) is 0.634. The summed E-state index contributed by atoms with van der Waals surface area (Å²) in [4.78, 5) is 21.6. The molecule has 1 saturated carbocycles. The van der Waals surface area contributed by atoms with Crippen molar-refractivity contribution in [3.8, 4) is 35.2 Å². The number of carbonyl (C=O) groups is 2. The van der Waals surface area contributed by atoms with Gasteiger partial charge in [-0.2, -0.15) is 0 Å². The Morgan fingerprint density at radius 2 is 1.57 bits per heavy atom. The van der Waals surface area contributed by atoms with Crippen LogP contribution in [-0.2, 0) is 20.7 Å². The molecule has 0 heterocycles. The third-order valence-corrected chi connectivity index (χ3v) is 6.69. The van der Waals surface area contributed by atoms with E-state index in [-0.39, 0.29) is 48.3 Å². The summed E-state index contributed by atoms with van der Waals surface area (Å²) in [6.07, 6.45) is 9.20. The van der Waals surface area contributed by atoms with Gasteiger partial charge in [0.2, 0.25) is 0 Å². The number of ether oxygens (including phenoxy) is 2. The predicted molar refractivity (Wildman–Crippen MR) is 152 cm³/mol. The van der Waals surface area contributed by atoms with Crippen molar-refractivity contribution in [2.45, 2.75) is 43.6 Å². The number of rotatable bonds is 10. The first-order valence-electron chi connectivity index (χ1n) is 12.9. The number of phenols is 1. The Bertz CT molecular complexity index is 1340. The van der Waals surface area contributed by atoms with E-state index >= 15 is 0 Å². The van der Waals surface area contributed by atoms with Crippen molar-refractivity contribution < 1.29 is 34.4 Å². The molecule has 40 heavy (non-hydrogen) atoms. The number of allylic oxidation sites excluding steroid dienone is 2. The summed E-state index contributed by atoms with van der Waals surface area (Å²) in [5, 5.41) is 27.5. The number of hydrogen-bond acceptors (Lipinski definition) is 5. The number of aromatic hydroxyl groups is 1. The topological polar surface area (TPSA) is 113 Å². The molecular formula is C32H31ClO7. The standard InChI is InChI=1S/C32H31ClO7/c33-28-22-27(15-14-26(28)21-32(37)38)39-17-5-1-3-7-23-9-11-24(12-10-23)8-4-2-6-18-40-30-16-13-25(19-29(30)34)20-31(35)36/h1-2,5-6,9-13,16,19,26-28,34H,14-15,17-18,20-22H2,(H,35,36)(H,37,38)/b5-1+,6-2+. The summed E-state index contributed by atoms with van der Waals surface area (Å²) < 4.78 is 11.3. The highest BCUT2D eigenvalue weighted by Gasteiger charge is 2.30. The number of alkyl halides is 1. The Kier molecular flexibility index (Phi) is 12.2. The van der Waals surface area contributed by atoms with Crippen molar-refractivity contribution in [2.24, 2.45) is 5.92 Å². The molecule has 0 amide bonds. The van der Waals surface area contributed by atoms with Gasteiger partial charge in [0.1, 0.15) is 6.61 Å². The van der Waals surface area contributed by atoms with E-state index in [0.717, 1.165) is 24.0 Å². The van der Waals surface area contributed by atoms with Gasteiger partial charge >= 0.3 is 11.9 Å². The molecule has 1 fully saturated rings. The molecule has 3 atom stereocenters. The fourth-order valence-corrected chi connectivity index (χ4v) is 4.56. The lowest BCUT2D eigenvalue weighted by Gasteiger charge is -2.31.